The summed E-state index contributed by atoms with van der Waals surface area (Å²) in [5, 5.41) is 4.31. The van der Waals surface area contributed by atoms with E-state index in [1.54, 1.807) is 6.33 Å². The van der Waals surface area contributed by atoms with Crippen LogP contribution in [0.15, 0.2) is 30.9 Å². The highest BCUT2D eigenvalue weighted by Crippen LogP contribution is 2.12. The Morgan fingerprint density at radius 2 is 1.64 bits per heavy atom. The summed E-state index contributed by atoms with van der Waals surface area (Å²) in [6.07, 6.45) is 5.39. The van der Waals surface area contributed by atoms with Crippen LogP contribution in [0.5, 0.6) is 0 Å². The molecule has 1 aliphatic heterocycles. The molecule has 2 aromatic rings. The Labute approximate surface area is 131 Å². The van der Waals surface area contributed by atoms with Crippen LogP contribution in [-0.4, -0.2) is 55.7 Å². The predicted octanol–water partition coefficient (Wildman–Crippen LogP) is 1.57. The number of pyridine rings is 1. The number of hydrogen-bond donors (Lipinski definition) is 0. The molecule has 6 heteroatoms. The molecule has 3 rings (SSSR count). The van der Waals surface area contributed by atoms with Crippen molar-refractivity contribution in [2.45, 2.75) is 33.0 Å². The molecule has 0 unspecified atom stereocenters. The van der Waals surface area contributed by atoms with Crippen molar-refractivity contribution in [3.63, 3.8) is 0 Å². The van der Waals surface area contributed by atoms with Crippen LogP contribution < -0.4 is 0 Å². The molecular weight excluding hydrogens is 276 g/mol. The third kappa shape index (κ3) is 3.69. The molecule has 1 fully saturated rings. The van der Waals surface area contributed by atoms with Crippen molar-refractivity contribution in [1.29, 1.82) is 0 Å². The molecule has 3 heterocycles. The zero-order chi connectivity index (χ0) is 15.4. The molecule has 0 aromatic carbocycles. The molecular formula is C16H24N6. The van der Waals surface area contributed by atoms with Gasteiger partial charge in [-0.15, -0.1) is 0 Å². The zero-order valence-corrected chi connectivity index (χ0v) is 13.4. The highest BCUT2D eigenvalue weighted by molar-refractivity contribution is 5.09. The average Bonchev–Trinajstić information content (AvgIpc) is 2.99. The lowest BCUT2D eigenvalue weighted by atomic mass is 10.2. The van der Waals surface area contributed by atoms with Gasteiger partial charge in [-0.1, -0.05) is 0 Å². The third-order valence-corrected chi connectivity index (χ3v) is 4.12. The van der Waals surface area contributed by atoms with Gasteiger partial charge < -0.3 is 0 Å². The molecule has 0 amide bonds. The third-order valence-electron chi connectivity index (χ3n) is 4.12. The lowest BCUT2D eigenvalue weighted by Gasteiger charge is -2.34. The van der Waals surface area contributed by atoms with Crippen LogP contribution in [0.4, 0.5) is 0 Å². The summed E-state index contributed by atoms with van der Waals surface area (Å²) in [5.74, 6) is 1.07. The van der Waals surface area contributed by atoms with Crippen molar-refractivity contribution < 1.29 is 0 Å². The van der Waals surface area contributed by atoms with Gasteiger partial charge in [-0.3, -0.25) is 14.8 Å². The fourth-order valence-electron chi connectivity index (χ4n) is 2.87. The van der Waals surface area contributed by atoms with Gasteiger partial charge in [0, 0.05) is 51.2 Å². The van der Waals surface area contributed by atoms with E-state index in [1.165, 1.54) is 5.56 Å². The first kappa shape index (κ1) is 15.1. The van der Waals surface area contributed by atoms with Gasteiger partial charge in [-0.25, -0.2) is 9.67 Å². The van der Waals surface area contributed by atoms with Gasteiger partial charge in [0.1, 0.15) is 12.2 Å². The first-order valence-electron chi connectivity index (χ1n) is 7.94. The molecule has 6 nitrogen and oxygen atoms in total. The molecule has 2 aromatic heterocycles. The van der Waals surface area contributed by atoms with Crippen molar-refractivity contribution in [3.05, 3.63) is 42.2 Å². The second-order valence-corrected chi connectivity index (χ2v) is 6.12. The monoisotopic (exact) mass is 300 g/mol. The SMILES string of the molecule is CC(C)n1ncnc1CN1CCN(Cc2ccncc2)CC1. The van der Waals surface area contributed by atoms with Gasteiger partial charge in [-0.2, -0.15) is 5.10 Å². The van der Waals surface area contributed by atoms with Gasteiger partial charge in [-0.05, 0) is 31.5 Å². The number of hydrogen-bond acceptors (Lipinski definition) is 5. The van der Waals surface area contributed by atoms with Crippen molar-refractivity contribution in [1.82, 2.24) is 29.5 Å². The van der Waals surface area contributed by atoms with Crippen LogP contribution in [0.3, 0.4) is 0 Å². The number of rotatable bonds is 5. The van der Waals surface area contributed by atoms with E-state index in [-0.39, 0.29) is 0 Å². The van der Waals surface area contributed by atoms with E-state index in [4.69, 9.17) is 0 Å². The maximum Gasteiger partial charge on any atom is 0.141 e. The van der Waals surface area contributed by atoms with Gasteiger partial charge in [0.2, 0.25) is 0 Å². The van der Waals surface area contributed by atoms with Crippen molar-refractivity contribution in [2.24, 2.45) is 0 Å². The van der Waals surface area contributed by atoms with E-state index < -0.39 is 0 Å². The van der Waals surface area contributed by atoms with E-state index in [0.717, 1.165) is 45.1 Å². The molecule has 0 N–H and O–H groups in total. The predicted molar refractivity (Wildman–Crippen MR) is 85.2 cm³/mol. The molecule has 0 saturated carbocycles. The summed E-state index contributed by atoms with van der Waals surface area (Å²) in [6.45, 7) is 10.5. The summed E-state index contributed by atoms with van der Waals surface area (Å²) >= 11 is 0. The van der Waals surface area contributed by atoms with E-state index >= 15 is 0 Å². The highest BCUT2D eigenvalue weighted by atomic mass is 15.4. The van der Waals surface area contributed by atoms with Crippen LogP contribution in [0, 0.1) is 0 Å². The van der Waals surface area contributed by atoms with Crippen LogP contribution >= 0.6 is 0 Å². The summed E-state index contributed by atoms with van der Waals surface area (Å²) in [6, 6.07) is 4.56. The van der Waals surface area contributed by atoms with Crippen LogP contribution in [0.2, 0.25) is 0 Å². The molecule has 0 aliphatic carbocycles. The lowest BCUT2D eigenvalue weighted by Crippen LogP contribution is -2.45. The van der Waals surface area contributed by atoms with E-state index in [1.807, 2.05) is 17.1 Å². The summed E-state index contributed by atoms with van der Waals surface area (Å²) in [4.78, 5) is 13.4. The largest absolute Gasteiger partial charge is 0.297 e. The van der Waals surface area contributed by atoms with E-state index in [0.29, 0.717) is 6.04 Å². The molecule has 118 valence electrons. The highest BCUT2D eigenvalue weighted by Gasteiger charge is 2.19. The van der Waals surface area contributed by atoms with Gasteiger partial charge in [0.15, 0.2) is 0 Å². The van der Waals surface area contributed by atoms with Gasteiger partial charge in [0.25, 0.3) is 0 Å². The molecule has 1 saturated heterocycles. The second kappa shape index (κ2) is 6.98. The zero-order valence-electron chi connectivity index (χ0n) is 13.4. The quantitative estimate of drug-likeness (QED) is 0.839. The standard InChI is InChI=1S/C16H24N6/c1-14(2)22-16(18-13-19-22)12-21-9-7-20(8-10-21)11-15-3-5-17-6-4-15/h3-6,13-14H,7-12H2,1-2H3. The second-order valence-electron chi connectivity index (χ2n) is 6.12. The minimum Gasteiger partial charge on any atom is -0.297 e. The normalized spacial score (nSPS) is 17.2. The van der Waals surface area contributed by atoms with Gasteiger partial charge in [0.05, 0.1) is 6.54 Å². The molecule has 0 radical (unpaired) electrons. The summed E-state index contributed by atoms with van der Waals surface area (Å²) in [5.41, 5.74) is 1.34. The van der Waals surface area contributed by atoms with E-state index in [2.05, 4.69) is 50.8 Å². The molecule has 1 aliphatic rings. The van der Waals surface area contributed by atoms with Crippen molar-refractivity contribution in [3.8, 4) is 0 Å². The van der Waals surface area contributed by atoms with Crippen molar-refractivity contribution in [2.75, 3.05) is 26.2 Å². The minimum absolute atomic E-state index is 0.366. The van der Waals surface area contributed by atoms with Crippen molar-refractivity contribution >= 4 is 0 Å². The number of aromatic nitrogens is 4. The van der Waals surface area contributed by atoms with Crippen LogP contribution in [0.25, 0.3) is 0 Å². The minimum atomic E-state index is 0.366. The first-order chi connectivity index (χ1) is 10.7. The van der Waals surface area contributed by atoms with Gasteiger partial charge >= 0.3 is 0 Å². The molecule has 0 bridgehead atoms. The Bertz CT molecular complexity index is 571. The van der Waals surface area contributed by atoms with Crippen LogP contribution in [-0.2, 0) is 13.1 Å². The summed E-state index contributed by atoms with van der Waals surface area (Å²) in [7, 11) is 0. The molecule has 22 heavy (non-hydrogen) atoms. The lowest BCUT2D eigenvalue weighted by molar-refractivity contribution is 0.118. The first-order valence-corrected chi connectivity index (χ1v) is 7.94. The fourth-order valence-corrected chi connectivity index (χ4v) is 2.87. The fraction of sp³-hybridized carbons (Fsp3) is 0.562. The maximum absolute atomic E-state index is 4.41. The number of nitrogens with zero attached hydrogens (tertiary/aromatic N) is 6. The molecule has 0 spiro atoms. The maximum atomic E-state index is 4.41. The Kier molecular flexibility index (Phi) is 4.80. The Morgan fingerprint density at radius 1 is 1.00 bits per heavy atom. The van der Waals surface area contributed by atoms with Crippen LogP contribution in [0.1, 0.15) is 31.3 Å². The van der Waals surface area contributed by atoms with E-state index in [9.17, 15) is 0 Å². The Morgan fingerprint density at radius 3 is 2.27 bits per heavy atom. The topological polar surface area (TPSA) is 50.1 Å². The molecule has 0 atom stereocenters. The summed E-state index contributed by atoms with van der Waals surface area (Å²) < 4.78 is 2.02. The average molecular weight is 300 g/mol. The number of piperazine rings is 1. The Balaban J connectivity index is 1.50. The Hall–Kier alpha value is -1.79. The smallest absolute Gasteiger partial charge is 0.141 e.